The summed E-state index contributed by atoms with van der Waals surface area (Å²) < 4.78 is 18.3. The Kier molecular flexibility index (Phi) is 5.80. The number of rotatable bonds is 7. The Balaban J connectivity index is 1.57. The van der Waals surface area contributed by atoms with Crippen molar-refractivity contribution in [3.05, 3.63) is 30.1 Å². The first-order chi connectivity index (χ1) is 9.78. The first-order valence-electron chi connectivity index (χ1n) is 7.08. The zero-order valence-corrected chi connectivity index (χ0v) is 11.6. The van der Waals surface area contributed by atoms with Crippen molar-refractivity contribution >= 4 is 6.41 Å². The minimum atomic E-state index is -0.246. The Labute approximate surface area is 118 Å². The minimum Gasteiger partial charge on any atom is -0.494 e. The van der Waals surface area contributed by atoms with Crippen LogP contribution in [0.3, 0.4) is 0 Å². The molecule has 2 rings (SSSR count). The molecular formula is C15H21FN2O2. The van der Waals surface area contributed by atoms with Gasteiger partial charge in [0.2, 0.25) is 6.41 Å². The lowest BCUT2D eigenvalue weighted by atomic mass is 10.1. The molecule has 0 bridgehead atoms. The van der Waals surface area contributed by atoms with Crippen molar-refractivity contribution < 1.29 is 13.9 Å². The van der Waals surface area contributed by atoms with E-state index in [1.807, 2.05) is 0 Å². The molecule has 0 atom stereocenters. The van der Waals surface area contributed by atoms with Crippen molar-refractivity contribution in [2.75, 3.05) is 26.2 Å². The van der Waals surface area contributed by atoms with Gasteiger partial charge in [-0.2, -0.15) is 0 Å². The molecule has 1 N–H and O–H groups in total. The number of halogens is 1. The quantitative estimate of drug-likeness (QED) is 0.612. The summed E-state index contributed by atoms with van der Waals surface area (Å²) in [4.78, 5) is 12.7. The van der Waals surface area contributed by atoms with Crippen molar-refractivity contribution in [1.29, 1.82) is 0 Å². The van der Waals surface area contributed by atoms with Crippen LogP contribution in [0.2, 0.25) is 0 Å². The van der Waals surface area contributed by atoms with Crippen LogP contribution in [0.25, 0.3) is 0 Å². The summed E-state index contributed by atoms with van der Waals surface area (Å²) in [6, 6.07) is 6.43. The molecule has 0 radical (unpaired) electrons. The average Bonchev–Trinajstić information content (AvgIpc) is 2.47. The lowest BCUT2D eigenvalue weighted by Gasteiger charge is -2.31. The van der Waals surface area contributed by atoms with Gasteiger partial charge in [-0.15, -0.1) is 0 Å². The van der Waals surface area contributed by atoms with Crippen LogP contribution in [0.15, 0.2) is 24.3 Å². The van der Waals surface area contributed by atoms with Gasteiger partial charge in [0, 0.05) is 25.7 Å². The molecule has 1 aliphatic heterocycles. The van der Waals surface area contributed by atoms with E-state index in [0.29, 0.717) is 18.4 Å². The summed E-state index contributed by atoms with van der Waals surface area (Å²) >= 11 is 0. The van der Waals surface area contributed by atoms with Crippen molar-refractivity contribution in [2.45, 2.75) is 25.3 Å². The number of hydrogen-bond donors (Lipinski definition) is 1. The topological polar surface area (TPSA) is 41.6 Å². The van der Waals surface area contributed by atoms with Gasteiger partial charge in [-0.05, 0) is 43.5 Å². The summed E-state index contributed by atoms with van der Waals surface area (Å²) in [5.74, 6) is 0.462. The predicted octanol–water partition coefficient (Wildman–Crippen LogP) is 1.80. The van der Waals surface area contributed by atoms with E-state index in [9.17, 15) is 9.18 Å². The average molecular weight is 280 g/mol. The third-order valence-corrected chi connectivity index (χ3v) is 3.59. The fourth-order valence-electron chi connectivity index (χ4n) is 2.43. The third-order valence-electron chi connectivity index (χ3n) is 3.59. The van der Waals surface area contributed by atoms with Gasteiger partial charge in [-0.1, -0.05) is 0 Å². The second-order valence-corrected chi connectivity index (χ2v) is 5.06. The van der Waals surface area contributed by atoms with E-state index in [1.54, 1.807) is 12.1 Å². The number of amides is 1. The molecule has 4 nitrogen and oxygen atoms in total. The van der Waals surface area contributed by atoms with E-state index >= 15 is 0 Å². The number of benzene rings is 1. The molecule has 0 aromatic heterocycles. The Hall–Kier alpha value is -1.62. The highest BCUT2D eigenvalue weighted by atomic mass is 19.1. The molecule has 1 amide bonds. The smallest absolute Gasteiger partial charge is 0.207 e. The van der Waals surface area contributed by atoms with Crippen LogP contribution in [0, 0.1) is 5.82 Å². The first-order valence-corrected chi connectivity index (χ1v) is 7.08. The molecule has 1 aromatic rings. The molecule has 0 unspecified atom stereocenters. The van der Waals surface area contributed by atoms with Gasteiger partial charge >= 0.3 is 0 Å². The number of ether oxygens (including phenoxy) is 1. The maximum absolute atomic E-state index is 12.7. The molecule has 110 valence electrons. The Morgan fingerprint density at radius 2 is 2.00 bits per heavy atom. The predicted molar refractivity (Wildman–Crippen MR) is 75.2 cm³/mol. The van der Waals surface area contributed by atoms with Crippen molar-refractivity contribution in [3.63, 3.8) is 0 Å². The number of piperidine rings is 1. The lowest BCUT2D eigenvalue weighted by molar-refractivity contribution is -0.110. The molecule has 1 aromatic carbocycles. The largest absolute Gasteiger partial charge is 0.494 e. The number of likely N-dealkylation sites (tertiary alicyclic amines) is 1. The van der Waals surface area contributed by atoms with E-state index in [2.05, 4.69) is 10.2 Å². The van der Waals surface area contributed by atoms with Crippen LogP contribution in [0.1, 0.15) is 19.3 Å². The molecule has 20 heavy (non-hydrogen) atoms. The van der Waals surface area contributed by atoms with E-state index in [0.717, 1.165) is 45.3 Å². The summed E-state index contributed by atoms with van der Waals surface area (Å²) in [7, 11) is 0. The number of carbonyl (C=O) groups is 1. The first kappa shape index (κ1) is 14.8. The van der Waals surface area contributed by atoms with Crippen LogP contribution >= 0.6 is 0 Å². The highest BCUT2D eigenvalue weighted by Crippen LogP contribution is 2.12. The van der Waals surface area contributed by atoms with E-state index in [4.69, 9.17) is 4.74 Å². The zero-order chi connectivity index (χ0) is 14.2. The highest BCUT2D eigenvalue weighted by molar-refractivity contribution is 5.46. The van der Waals surface area contributed by atoms with Gasteiger partial charge in [-0.3, -0.25) is 4.79 Å². The molecule has 1 saturated heterocycles. The molecule has 0 aliphatic carbocycles. The minimum absolute atomic E-state index is 0.246. The van der Waals surface area contributed by atoms with Gasteiger partial charge in [-0.25, -0.2) is 4.39 Å². The lowest BCUT2D eigenvalue weighted by Crippen LogP contribution is -2.42. The molecule has 1 heterocycles. The molecule has 5 heteroatoms. The second-order valence-electron chi connectivity index (χ2n) is 5.06. The van der Waals surface area contributed by atoms with Gasteiger partial charge in [0.15, 0.2) is 0 Å². The molecule has 0 saturated carbocycles. The summed E-state index contributed by atoms with van der Waals surface area (Å²) in [6.07, 6.45) is 3.76. The maximum atomic E-state index is 12.7. The fourth-order valence-corrected chi connectivity index (χ4v) is 2.43. The molecule has 1 aliphatic rings. The van der Waals surface area contributed by atoms with Crippen molar-refractivity contribution in [1.82, 2.24) is 10.2 Å². The molecule has 1 fully saturated rings. The standard InChI is InChI=1S/C15H21FN2O2/c16-13-2-4-15(5-3-13)20-11-1-8-18-9-6-14(7-10-18)17-12-19/h2-5,12,14H,1,6-11H2,(H,17,19). The van der Waals surface area contributed by atoms with Gasteiger partial charge in [0.05, 0.1) is 6.61 Å². The van der Waals surface area contributed by atoms with E-state index in [1.165, 1.54) is 12.1 Å². The van der Waals surface area contributed by atoms with Gasteiger partial charge < -0.3 is 15.0 Å². The van der Waals surface area contributed by atoms with Crippen LogP contribution in [-0.2, 0) is 4.79 Å². The number of nitrogens with one attached hydrogen (secondary N) is 1. The van der Waals surface area contributed by atoms with Crippen molar-refractivity contribution in [3.8, 4) is 5.75 Å². The number of hydrogen-bond acceptors (Lipinski definition) is 3. The zero-order valence-electron chi connectivity index (χ0n) is 11.6. The summed E-state index contributed by atoms with van der Waals surface area (Å²) in [5, 5.41) is 2.84. The summed E-state index contributed by atoms with van der Waals surface area (Å²) in [6.45, 7) is 3.66. The van der Waals surface area contributed by atoms with Crippen LogP contribution in [0.4, 0.5) is 4.39 Å². The number of carbonyl (C=O) groups excluding carboxylic acids is 1. The Bertz CT molecular complexity index is 403. The normalized spacial score (nSPS) is 16.9. The SMILES string of the molecule is O=CNC1CCN(CCCOc2ccc(F)cc2)CC1. The van der Waals surface area contributed by atoms with E-state index < -0.39 is 0 Å². The fraction of sp³-hybridized carbons (Fsp3) is 0.533. The molecular weight excluding hydrogens is 259 g/mol. The Morgan fingerprint density at radius 3 is 2.65 bits per heavy atom. The Morgan fingerprint density at radius 1 is 1.30 bits per heavy atom. The highest BCUT2D eigenvalue weighted by Gasteiger charge is 2.17. The van der Waals surface area contributed by atoms with Crippen molar-refractivity contribution in [2.24, 2.45) is 0 Å². The summed E-state index contributed by atoms with van der Waals surface area (Å²) in [5.41, 5.74) is 0. The molecule has 0 spiro atoms. The maximum Gasteiger partial charge on any atom is 0.207 e. The monoisotopic (exact) mass is 280 g/mol. The number of nitrogens with zero attached hydrogens (tertiary/aromatic N) is 1. The van der Waals surface area contributed by atoms with Crippen LogP contribution < -0.4 is 10.1 Å². The van der Waals surface area contributed by atoms with Crippen LogP contribution in [0.5, 0.6) is 5.75 Å². The van der Waals surface area contributed by atoms with Gasteiger partial charge in [0.25, 0.3) is 0 Å². The van der Waals surface area contributed by atoms with Crippen LogP contribution in [-0.4, -0.2) is 43.6 Å². The van der Waals surface area contributed by atoms with E-state index in [-0.39, 0.29) is 5.82 Å². The third kappa shape index (κ3) is 4.81. The second kappa shape index (κ2) is 7.85. The van der Waals surface area contributed by atoms with Gasteiger partial charge in [0.1, 0.15) is 11.6 Å².